The van der Waals surface area contributed by atoms with Crippen LogP contribution >= 0.6 is 0 Å². The Balaban J connectivity index is 0.000000198. The van der Waals surface area contributed by atoms with Crippen LogP contribution in [0.15, 0.2) is 112 Å². The Bertz CT molecular complexity index is 2230. The highest BCUT2D eigenvalue weighted by Crippen LogP contribution is 2.15. The molecule has 0 aliphatic carbocycles. The number of carboxylic acids is 1. The van der Waals surface area contributed by atoms with E-state index in [1.54, 1.807) is 95.9 Å². The minimum Gasteiger partial charge on any atom is -0.870 e. The summed E-state index contributed by atoms with van der Waals surface area (Å²) in [6.07, 6.45) is 27.5. The molecule has 8 rings (SSSR count). The highest BCUT2D eigenvalue weighted by Gasteiger charge is 2.13. The number of aliphatic carboxylic acids is 1. The standard InChI is InChI=1S/C11H14N4O2.C9H10N4O2.C7H8N4.C6H6N4.H3N.H2O/c1-4-16-9(2)17-15-8-6-13-11(15)10-12-5-7-14(10)3;1-12-4-2-10-8(12)9-11-3-5-13(9)6-7(14)15;1-11-5-4-10-7(11)6-8-2-3-9-6;1-2-8-5(7-1)6-9-3-4-10-6;;/h5-8H,2,4H2,1,3H3;2-5H,6H2,1H3,(H,14,15);2-5H,1H3,(H,8,9);1-4H,(H,7,8)(H,9,10);1H3;1H2/p-1. The number of nitrogens with zero attached hydrogens (tertiary/aromatic N) is 13. The summed E-state index contributed by atoms with van der Waals surface area (Å²) < 4.78 is 13.7. The molecule has 290 valence electrons. The van der Waals surface area contributed by atoms with E-state index in [0.29, 0.717) is 29.9 Å². The van der Waals surface area contributed by atoms with Gasteiger partial charge >= 0.3 is 5.97 Å². The molecular weight excluding hydrogens is 714 g/mol. The van der Waals surface area contributed by atoms with E-state index < -0.39 is 5.97 Å². The van der Waals surface area contributed by atoms with Crippen LogP contribution in [0.2, 0.25) is 0 Å². The summed E-state index contributed by atoms with van der Waals surface area (Å²) in [6.45, 7) is 5.90. The Morgan fingerprint density at radius 1 is 0.636 bits per heavy atom. The molecule has 0 saturated carbocycles. The van der Waals surface area contributed by atoms with E-state index in [1.807, 2.05) is 49.6 Å². The number of aryl methyl sites for hydroxylation is 3. The van der Waals surface area contributed by atoms with Gasteiger partial charge in [0.2, 0.25) is 5.82 Å². The van der Waals surface area contributed by atoms with Crippen molar-refractivity contribution in [1.82, 2.24) is 84.0 Å². The lowest BCUT2D eigenvalue weighted by molar-refractivity contribution is -0.137. The van der Waals surface area contributed by atoms with Crippen molar-refractivity contribution >= 4 is 5.97 Å². The maximum absolute atomic E-state index is 10.6. The minimum atomic E-state index is -0.900. The molecule has 0 radical (unpaired) electrons. The number of hydrogen-bond donors (Lipinski definition) is 5. The molecule has 8 N–H and O–H groups in total. The fourth-order valence-electron chi connectivity index (χ4n) is 4.54. The first kappa shape index (κ1) is 41.8. The van der Waals surface area contributed by atoms with Gasteiger partial charge in [-0.2, -0.15) is 4.73 Å². The van der Waals surface area contributed by atoms with Crippen LogP contribution in [0.3, 0.4) is 0 Å². The van der Waals surface area contributed by atoms with Crippen molar-refractivity contribution in [2.75, 3.05) is 6.61 Å². The predicted molar refractivity (Wildman–Crippen MR) is 198 cm³/mol. The van der Waals surface area contributed by atoms with Gasteiger partial charge in [-0.25, -0.2) is 39.9 Å². The molecule has 0 aliphatic rings. The third-order valence-electron chi connectivity index (χ3n) is 6.93. The molecule has 8 heterocycles. The molecule has 0 atom stereocenters. The summed E-state index contributed by atoms with van der Waals surface area (Å²) in [5, 5.41) is 8.70. The van der Waals surface area contributed by atoms with Crippen LogP contribution in [0.5, 0.6) is 0 Å². The summed E-state index contributed by atoms with van der Waals surface area (Å²) in [7, 11) is 5.66. The van der Waals surface area contributed by atoms with E-state index in [4.69, 9.17) is 14.7 Å². The summed E-state index contributed by atoms with van der Waals surface area (Å²) in [4.78, 5) is 57.7. The fourth-order valence-corrected chi connectivity index (χ4v) is 4.54. The van der Waals surface area contributed by atoms with Gasteiger partial charge in [-0.1, -0.05) is 0 Å². The molecule has 0 unspecified atom stereocenters. The van der Waals surface area contributed by atoms with E-state index in [-0.39, 0.29) is 24.1 Å². The molecule has 8 aromatic rings. The van der Waals surface area contributed by atoms with E-state index >= 15 is 0 Å². The van der Waals surface area contributed by atoms with Crippen LogP contribution < -0.4 is 11.0 Å². The van der Waals surface area contributed by atoms with Crippen molar-refractivity contribution in [2.45, 2.75) is 13.5 Å². The highest BCUT2D eigenvalue weighted by atomic mass is 16.8. The SMILES string of the molecule is C=C(OCC)On1ccnc1-c1nccn1C.Cn1ccnc1-c1ncc[nH]1.Cn1ccnc1-c1nccn1CC(=O)O.N.[OH-].c1c[nH]c(-c2ncc[nH]2)n1. The first-order valence-corrected chi connectivity index (χ1v) is 15.9. The van der Waals surface area contributed by atoms with Crippen molar-refractivity contribution < 1.29 is 25.0 Å². The second-order valence-electron chi connectivity index (χ2n) is 10.6. The first-order valence-electron chi connectivity index (χ1n) is 15.9. The van der Waals surface area contributed by atoms with Gasteiger partial charge in [0.1, 0.15) is 6.54 Å². The molecule has 0 aliphatic heterocycles. The maximum Gasteiger partial charge on any atom is 0.323 e. The smallest absolute Gasteiger partial charge is 0.323 e. The topological polar surface area (TPSA) is 296 Å². The molecular formula is C33H42N17O5-. The Morgan fingerprint density at radius 2 is 1.07 bits per heavy atom. The Kier molecular flexibility index (Phi) is 15.6. The Labute approximate surface area is 314 Å². The van der Waals surface area contributed by atoms with E-state index in [9.17, 15) is 4.79 Å². The molecule has 0 saturated heterocycles. The number of H-pyrrole nitrogens is 3. The summed E-state index contributed by atoms with van der Waals surface area (Å²) in [5.74, 6) is 5.04. The lowest BCUT2D eigenvalue weighted by Crippen LogP contribution is -2.14. The van der Waals surface area contributed by atoms with Crippen LogP contribution in [-0.2, 0) is 37.2 Å². The zero-order valence-corrected chi connectivity index (χ0v) is 30.5. The molecule has 0 bridgehead atoms. The number of carbonyl (C=O) groups is 1. The molecule has 0 fully saturated rings. The lowest BCUT2D eigenvalue weighted by atomic mass is 10.5. The second kappa shape index (κ2) is 20.4. The molecule has 55 heavy (non-hydrogen) atoms. The Morgan fingerprint density at radius 3 is 1.53 bits per heavy atom. The van der Waals surface area contributed by atoms with E-state index in [2.05, 4.69) is 61.4 Å². The number of nitrogens with one attached hydrogen (secondary N) is 3. The highest BCUT2D eigenvalue weighted by molar-refractivity contribution is 5.67. The number of rotatable bonds is 10. The summed E-state index contributed by atoms with van der Waals surface area (Å²) >= 11 is 0. The average molecular weight is 757 g/mol. The van der Waals surface area contributed by atoms with Gasteiger partial charge in [0, 0.05) is 114 Å². The zero-order valence-electron chi connectivity index (χ0n) is 30.5. The normalized spacial score (nSPS) is 9.89. The number of ether oxygens (including phenoxy) is 1. The Hall–Kier alpha value is -7.59. The van der Waals surface area contributed by atoms with E-state index in [1.165, 1.54) is 4.73 Å². The monoisotopic (exact) mass is 756 g/mol. The lowest BCUT2D eigenvalue weighted by Gasteiger charge is -2.10. The second-order valence-corrected chi connectivity index (χ2v) is 10.6. The number of hydrogen-bond acceptors (Lipinski definition) is 13. The average Bonchev–Trinajstić information content (AvgIpc) is 3.96. The third kappa shape index (κ3) is 11.2. The van der Waals surface area contributed by atoms with Gasteiger partial charge in [-0.05, 0) is 13.5 Å². The van der Waals surface area contributed by atoms with Crippen molar-refractivity contribution in [2.24, 2.45) is 21.1 Å². The first-order chi connectivity index (χ1) is 25.7. The van der Waals surface area contributed by atoms with Crippen LogP contribution in [0.25, 0.3) is 46.6 Å². The predicted octanol–water partition coefficient (Wildman–Crippen LogP) is 3.18. The molecule has 8 aromatic heterocycles. The maximum atomic E-state index is 10.6. The molecule has 0 amide bonds. The number of aromatic nitrogens is 16. The fraction of sp³-hybridized carbons (Fsp3) is 0.182. The van der Waals surface area contributed by atoms with Crippen LogP contribution in [0, 0.1) is 0 Å². The molecule has 22 heteroatoms. The molecule has 0 spiro atoms. The largest absolute Gasteiger partial charge is 0.870 e. The van der Waals surface area contributed by atoms with Crippen molar-refractivity contribution in [3.05, 3.63) is 112 Å². The van der Waals surface area contributed by atoms with Gasteiger partial charge in [0.05, 0.1) is 12.8 Å². The van der Waals surface area contributed by atoms with Crippen molar-refractivity contribution in [1.29, 1.82) is 0 Å². The zero-order chi connectivity index (χ0) is 37.6. The summed E-state index contributed by atoms with van der Waals surface area (Å²) in [5.41, 5.74) is 0. The van der Waals surface area contributed by atoms with E-state index in [0.717, 1.165) is 23.3 Å². The molecule has 22 nitrogen and oxygen atoms in total. The van der Waals surface area contributed by atoms with Crippen molar-refractivity contribution in [3.8, 4) is 46.6 Å². The van der Waals surface area contributed by atoms with Gasteiger partial charge in [-0.3, -0.25) is 4.79 Å². The summed E-state index contributed by atoms with van der Waals surface area (Å²) in [6, 6.07) is 0. The number of aromatic amines is 3. The van der Waals surface area contributed by atoms with Crippen LogP contribution in [-0.4, -0.2) is 101 Å². The number of carboxylic acid groups (broad SMARTS) is 1. The van der Waals surface area contributed by atoms with Crippen LogP contribution in [0.1, 0.15) is 6.92 Å². The number of imidazole rings is 8. The third-order valence-corrected chi connectivity index (χ3v) is 6.93. The molecule has 0 aromatic carbocycles. The minimum absolute atomic E-state index is 0. The van der Waals surface area contributed by atoms with Gasteiger partial charge in [-0.15, -0.1) is 0 Å². The van der Waals surface area contributed by atoms with Crippen LogP contribution in [0.4, 0.5) is 0 Å². The van der Waals surface area contributed by atoms with Gasteiger partial charge < -0.3 is 59.5 Å². The van der Waals surface area contributed by atoms with Crippen molar-refractivity contribution in [3.63, 3.8) is 0 Å². The van der Waals surface area contributed by atoms with Gasteiger partial charge in [0.25, 0.3) is 5.95 Å². The van der Waals surface area contributed by atoms with Gasteiger partial charge in [0.15, 0.2) is 40.8 Å². The quantitative estimate of drug-likeness (QED) is 0.125.